The molecule has 6 rings (SSSR count). The number of amides is 1. The highest BCUT2D eigenvalue weighted by molar-refractivity contribution is 7.13. The zero-order chi connectivity index (χ0) is 29.9. The van der Waals surface area contributed by atoms with Gasteiger partial charge in [0.15, 0.2) is 5.82 Å². The number of carbonyl (C=O) groups is 1. The number of aromatic nitrogens is 3. The van der Waals surface area contributed by atoms with E-state index in [2.05, 4.69) is 25.6 Å². The van der Waals surface area contributed by atoms with Gasteiger partial charge in [-0.05, 0) is 72.8 Å². The second kappa shape index (κ2) is 11.4. The van der Waals surface area contributed by atoms with E-state index in [9.17, 15) is 25.1 Å². The van der Waals surface area contributed by atoms with Gasteiger partial charge in [-0.15, -0.1) is 11.3 Å². The fourth-order valence-corrected chi connectivity index (χ4v) is 4.95. The number of fused-ring (bicyclic) bond motifs is 1. The molecule has 12 nitrogen and oxygen atoms in total. The highest BCUT2D eigenvalue weighted by atomic mass is 32.1. The summed E-state index contributed by atoms with van der Waals surface area (Å²) in [4.78, 5) is 36.9. The maximum Gasteiger partial charge on any atom is 0.433 e. The van der Waals surface area contributed by atoms with E-state index in [0.717, 1.165) is 0 Å². The Hall–Kier alpha value is -6.08. The number of nitro groups is 1. The van der Waals surface area contributed by atoms with Crippen molar-refractivity contribution in [3.8, 4) is 22.1 Å². The molecule has 4 N–H and O–H groups in total. The maximum absolute atomic E-state index is 13.0. The lowest BCUT2D eigenvalue weighted by molar-refractivity contribution is -0.402. The van der Waals surface area contributed by atoms with Crippen molar-refractivity contribution < 1.29 is 24.3 Å². The monoisotopic (exact) mass is 592 g/mol. The number of phenolic OH excluding ortho intramolecular Hbond substituents is 2. The first kappa shape index (κ1) is 27.1. The standard InChI is InChI=1S/C30H20N6O6S/c37-19-8-5-17(6-9-19)31-28-21-12-7-18(32-29(39)24-16-43-30(34-24)22-3-1-2-4-25(22)38)15-23(21)33-26(35-28)13-10-20-11-14-27(42-20)36(40)41/h1-16,37-38H,(H,32,39)(H,31,33,35). The number of nitrogens with one attached hydrogen (secondary N) is 2. The maximum atomic E-state index is 13.0. The molecule has 43 heavy (non-hydrogen) atoms. The van der Waals surface area contributed by atoms with Gasteiger partial charge in [0, 0.05) is 22.1 Å². The number of rotatable bonds is 8. The molecule has 0 unspecified atom stereocenters. The van der Waals surface area contributed by atoms with Crippen molar-refractivity contribution in [2.24, 2.45) is 0 Å². The summed E-state index contributed by atoms with van der Waals surface area (Å²) < 4.78 is 5.19. The van der Waals surface area contributed by atoms with E-state index < -0.39 is 10.8 Å². The summed E-state index contributed by atoms with van der Waals surface area (Å²) in [5, 5.41) is 39.5. The predicted octanol–water partition coefficient (Wildman–Crippen LogP) is 6.83. The van der Waals surface area contributed by atoms with Crippen LogP contribution in [-0.2, 0) is 0 Å². The third kappa shape index (κ3) is 6.01. The van der Waals surface area contributed by atoms with E-state index in [4.69, 9.17) is 4.42 Å². The topological polar surface area (TPSA) is 177 Å². The number of aromatic hydroxyl groups is 2. The summed E-state index contributed by atoms with van der Waals surface area (Å²) in [6.45, 7) is 0. The molecule has 3 heterocycles. The molecule has 6 aromatic rings. The SMILES string of the molecule is O=C(Nc1ccc2c(Nc3ccc(O)cc3)nc(C=Cc3ccc([N+](=O)[O-])o3)nc2c1)c1csc(-c2ccccc2O)n1. The van der Waals surface area contributed by atoms with Crippen molar-refractivity contribution in [2.45, 2.75) is 0 Å². The Kier molecular flexibility index (Phi) is 7.20. The van der Waals surface area contributed by atoms with Crippen LogP contribution in [0.4, 0.5) is 23.1 Å². The van der Waals surface area contributed by atoms with Gasteiger partial charge in [-0.25, -0.2) is 15.0 Å². The number of nitrogens with zero attached hydrogens (tertiary/aromatic N) is 4. The van der Waals surface area contributed by atoms with Crippen LogP contribution in [0.2, 0.25) is 0 Å². The van der Waals surface area contributed by atoms with Crippen molar-refractivity contribution >= 4 is 63.4 Å². The molecule has 0 bridgehead atoms. The fraction of sp³-hybridized carbons (Fsp3) is 0. The van der Waals surface area contributed by atoms with E-state index in [1.807, 2.05) is 0 Å². The van der Waals surface area contributed by atoms with Crippen LogP contribution in [0.1, 0.15) is 22.1 Å². The third-order valence-electron chi connectivity index (χ3n) is 6.16. The first-order chi connectivity index (χ1) is 20.8. The summed E-state index contributed by atoms with van der Waals surface area (Å²) in [5.41, 5.74) is 2.34. The van der Waals surface area contributed by atoms with Crippen molar-refractivity contribution in [3.63, 3.8) is 0 Å². The Balaban J connectivity index is 1.31. The van der Waals surface area contributed by atoms with Crippen LogP contribution in [0.5, 0.6) is 11.5 Å². The molecule has 3 aromatic carbocycles. The molecule has 0 aliphatic rings. The zero-order valence-corrected chi connectivity index (χ0v) is 22.8. The summed E-state index contributed by atoms with van der Waals surface area (Å²) in [5.74, 6) is 0.326. The molecular weight excluding hydrogens is 572 g/mol. The number of benzene rings is 3. The highest BCUT2D eigenvalue weighted by Gasteiger charge is 2.16. The molecule has 0 saturated heterocycles. The van der Waals surface area contributed by atoms with Gasteiger partial charge >= 0.3 is 5.88 Å². The lowest BCUT2D eigenvalue weighted by atomic mass is 10.2. The molecular formula is C30H20N6O6S. The Labute approximate surface area is 246 Å². The molecule has 212 valence electrons. The van der Waals surface area contributed by atoms with Gasteiger partial charge < -0.3 is 25.3 Å². The largest absolute Gasteiger partial charge is 0.508 e. The molecule has 13 heteroatoms. The number of carbonyl (C=O) groups excluding carboxylic acids is 1. The number of phenols is 2. The predicted molar refractivity (Wildman–Crippen MR) is 162 cm³/mol. The van der Waals surface area contributed by atoms with Gasteiger partial charge in [0.1, 0.15) is 38.7 Å². The minimum Gasteiger partial charge on any atom is -0.508 e. The second-order valence-electron chi connectivity index (χ2n) is 9.11. The molecule has 0 radical (unpaired) electrons. The van der Waals surface area contributed by atoms with E-state index in [1.54, 1.807) is 66.1 Å². The van der Waals surface area contributed by atoms with E-state index >= 15 is 0 Å². The number of thiazole rings is 1. The minimum atomic E-state index is -0.628. The lowest BCUT2D eigenvalue weighted by Gasteiger charge is -2.11. The van der Waals surface area contributed by atoms with Crippen LogP contribution in [0.3, 0.4) is 0 Å². The van der Waals surface area contributed by atoms with Crippen molar-refractivity contribution in [2.75, 3.05) is 10.6 Å². The van der Waals surface area contributed by atoms with E-state index in [1.165, 1.54) is 41.7 Å². The molecule has 0 saturated carbocycles. The lowest BCUT2D eigenvalue weighted by Crippen LogP contribution is -2.12. The third-order valence-corrected chi connectivity index (χ3v) is 7.04. The first-order valence-corrected chi connectivity index (χ1v) is 13.6. The van der Waals surface area contributed by atoms with Gasteiger partial charge in [-0.1, -0.05) is 12.1 Å². The second-order valence-corrected chi connectivity index (χ2v) is 9.97. The van der Waals surface area contributed by atoms with Crippen LogP contribution in [0.25, 0.3) is 33.6 Å². The van der Waals surface area contributed by atoms with Gasteiger partial charge in [-0.2, -0.15) is 0 Å². The van der Waals surface area contributed by atoms with Crippen LogP contribution in [0.15, 0.2) is 88.7 Å². The zero-order valence-electron chi connectivity index (χ0n) is 22.0. The van der Waals surface area contributed by atoms with Crippen molar-refractivity contribution in [1.82, 2.24) is 15.0 Å². The number of para-hydroxylation sites is 1. The number of hydrogen-bond donors (Lipinski definition) is 4. The summed E-state index contributed by atoms with van der Waals surface area (Å²) in [6, 6.07) is 21.1. The molecule has 0 spiro atoms. The van der Waals surface area contributed by atoms with Crippen LogP contribution >= 0.6 is 11.3 Å². The molecule has 1 amide bonds. The number of furan rings is 1. The van der Waals surface area contributed by atoms with E-state index in [0.29, 0.717) is 38.7 Å². The molecule has 0 atom stereocenters. The smallest absolute Gasteiger partial charge is 0.433 e. The van der Waals surface area contributed by atoms with Gasteiger partial charge in [-0.3, -0.25) is 14.9 Å². The van der Waals surface area contributed by atoms with Gasteiger partial charge in [0.05, 0.1) is 17.1 Å². The van der Waals surface area contributed by atoms with Crippen LogP contribution < -0.4 is 10.6 Å². The number of hydrogen-bond acceptors (Lipinski definition) is 11. The molecule has 0 fully saturated rings. The van der Waals surface area contributed by atoms with E-state index in [-0.39, 0.29) is 34.7 Å². The van der Waals surface area contributed by atoms with Crippen LogP contribution in [-0.4, -0.2) is 36.0 Å². The summed E-state index contributed by atoms with van der Waals surface area (Å²) in [6.07, 6.45) is 3.06. The Morgan fingerprint density at radius 2 is 1.72 bits per heavy atom. The van der Waals surface area contributed by atoms with Gasteiger partial charge in [0.2, 0.25) is 0 Å². The Morgan fingerprint density at radius 3 is 2.49 bits per heavy atom. The number of anilines is 3. The quantitative estimate of drug-likeness (QED) is 0.0832. The molecule has 0 aliphatic heterocycles. The average molecular weight is 593 g/mol. The first-order valence-electron chi connectivity index (χ1n) is 12.7. The average Bonchev–Trinajstić information content (AvgIpc) is 3.68. The Morgan fingerprint density at radius 1 is 0.930 bits per heavy atom. The van der Waals surface area contributed by atoms with Crippen molar-refractivity contribution in [1.29, 1.82) is 0 Å². The fourth-order valence-electron chi connectivity index (χ4n) is 4.11. The summed E-state index contributed by atoms with van der Waals surface area (Å²) >= 11 is 1.24. The minimum absolute atomic E-state index is 0.0739. The molecule has 0 aliphatic carbocycles. The highest BCUT2D eigenvalue weighted by Crippen LogP contribution is 2.32. The Bertz CT molecular complexity index is 2020. The van der Waals surface area contributed by atoms with Crippen LogP contribution in [0, 0.1) is 10.1 Å². The van der Waals surface area contributed by atoms with Gasteiger partial charge in [0.25, 0.3) is 5.91 Å². The van der Waals surface area contributed by atoms with Crippen molar-refractivity contribution in [3.05, 3.63) is 112 Å². The summed E-state index contributed by atoms with van der Waals surface area (Å²) in [7, 11) is 0. The molecule has 3 aromatic heterocycles. The normalized spacial score (nSPS) is 11.2.